The van der Waals surface area contributed by atoms with Gasteiger partial charge >= 0.3 is 0 Å². The van der Waals surface area contributed by atoms with Crippen molar-refractivity contribution in [3.05, 3.63) is 62.1 Å². The van der Waals surface area contributed by atoms with Gasteiger partial charge in [0.25, 0.3) is 5.69 Å². The highest BCUT2D eigenvalue weighted by Crippen LogP contribution is 2.38. The first-order chi connectivity index (χ1) is 13.8. The summed E-state index contributed by atoms with van der Waals surface area (Å²) in [5.41, 5.74) is 1.98. The Morgan fingerprint density at radius 1 is 1.28 bits per heavy atom. The predicted octanol–water partition coefficient (Wildman–Crippen LogP) is 4.22. The first kappa shape index (κ1) is 20.9. The summed E-state index contributed by atoms with van der Waals surface area (Å²) in [4.78, 5) is 20.9. The number of halogens is 1. The molecule has 0 saturated heterocycles. The van der Waals surface area contributed by atoms with Gasteiger partial charge in [0.15, 0.2) is 0 Å². The number of rotatable bonds is 5. The van der Waals surface area contributed by atoms with Crippen molar-refractivity contribution in [3.63, 3.8) is 0 Å². The molecule has 0 aromatic heterocycles. The molecule has 1 aliphatic heterocycles. The lowest BCUT2D eigenvalue weighted by Gasteiger charge is -2.18. The molecule has 1 atom stereocenters. The van der Waals surface area contributed by atoms with Crippen LogP contribution < -0.4 is 10.6 Å². The number of benzene rings is 2. The summed E-state index contributed by atoms with van der Waals surface area (Å²) in [6.07, 6.45) is 0.774. The SMILES string of the molecule is CCCOc1cccc([N+](=O)[O-])c1C1=NC(C)C(N(C)N)=Nc2cccc(Br)c21. The molecule has 2 aromatic rings. The van der Waals surface area contributed by atoms with Gasteiger partial charge in [-0.3, -0.25) is 20.1 Å². The van der Waals surface area contributed by atoms with E-state index in [0.717, 1.165) is 10.9 Å². The van der Waals surface area contributed by atoms with Crippen LogP contribution in [0, 0.1) is 10.1 Å². The molecule has 2 aromatic carbocycles. The maximum absolute atomic E-state index is 11.9. The lowest BCUT2D eigenvalue weighted by molar-refractivity contribution is -0.385. The molecular formula is C20H22BrN5O3. The smallest absolute Gasteiger partial charge is 0.282 e. The molecular weight excluding hydrogens is 438 g/mol. The Kier molecular flexibility index (Phi) is 6.29. The number of fused-ring (bicyclic) bond motifs is 1. The lowest BCUT2D eigenvalue weighted by Crippen LogP contribution is -2.39. The molecule has 1 aliphatic rings. The first-order valence-corrected chi connectivity index (χ1v) is 9.98. The Morgan fingerprint density at radius 2 is 2.00 bits per heavy atom. The molecule has 0 saturated carbocycles. The van der Waals surface area contributed by atoms with E-state index in [-0.39, 0.29) is 5.69 Å². The van der Waals surface area contributed by atoms with Crippen LogP contribution in [0.2, 0.25) is 0 Å². The van der Waals surface area contributed by atoms with Crippen molar-refractivity contribution in [2.75, 3.05) is 13.7 Å². The maximum Gasteiger partial charge on any atom is 0.282 e. The second-order valence-corrected chi connectivity index (χ2v) is 7.48. The van der Waals surface area contributed by atoms with E-state index in [1.807, 2.05) is 32.0 Å². The zero-order valence-corrected chi connectivity index (χ0v) is 18.0. The van der Waals surface area contributed by atoms with Gasteiger partial charge in [-0.25, -0.2) is 10.8 Å². The monoisotopic (exact) mass is 459 g/mol. The number of nitro groups is 1. The van der Waals surface area contributed by atoms with Crippen molar-refractivity contribution in [3.8, 4) is 5.75 Å². The average molecular weight is 460 g/mol. The third-order valence-electron chi connectivity index (χ3n) is 4.42. The van der Waals surface area contributed by atoms with Crippen LogP contribution in [-0.4, -0.2) is 41.2 Å². The molecule has 0 bridgehead atoms. The minimum Gasteiger partial charge on any atom is -0.493 e. The van der Waals surface area contributed by atoms with Gasteiger partial charge in [-0.15, -0.1) is 0 Å². The van der Waals surface area contributed by atoms with Crippen molar-refractivity contribution in [1.29, 1.82) is 0 Å². The van der Waals surface area contributed by atoms with E-state index in [2.05, 4.69) is 20.9 Å². The molecule has 9 heteroatoms. The molecule has 29 heavy (non-hydrogen) atoms. The van der Waals surface area contributed by atoms with Gasteiger partial charge in [-0.2, -0.15) is 0 Å². The Labute approximate surface area is 177 Å². The Hall–Kier alpha value is -2.78. The lowest BCUT2D eigenvalue weighted by atomic mass is 9.98. The van der Waals surface area contributed by atoms with E-state index >= 15 is 0 Å². The first-order valence-electron chi connectivity index (χ1n) is 9.19. The van der Waals surface area contributed by atoms with Crippen LogP contribution in [-0.2, 0) is 0 Å². The van der Waals surface area contributed by atoms with Crippen molar-refractivity contribution in [1.82, 2.24) is 5.01 Å². The van der Waals surface area contributed by atoms with Crippen molar-refractivity contribution < 1.29 is 9.66 Å². The van der Waals surface area contributed by atoms with Crippen LogP contribution in [0.3, 0.4) is 0 Å². The van der Waals surface area contributed by atoms with Crippen molar-refractivity contribution in [2.45, 2.75) is 26.3 Å². The second-order valence-electron chi connectivity index (χ2n) is 6.62. The summed E-state index contributed by atoms with van der Waals surface area (Å²) in [6.45, 7) is 4.27. The number of nitrogens with zero attached hydrogens (tertiary/aromatic N) is 4. The standard InChI is InChI=1S/C20H22BrN5O3/c1-4-11-29-16-10-6-9-15(26(27)28)18(16)19-17-13(21)7-5-8-14(17)24-20(25(3)22)12(2)23-19/h5-10,12H,4,11,22H2,1-3H3. The van der Waals surface area contributed by atoms with Gasteiger partial charge in [-0.05, 0) is 31.5 Å². The topological polar surface area (TPSA) is 106 Å². The fraction of sp³-hybridized carbons (Fsp3) is 0.300. The number of nitro benzene ring substituents is 1. The second kappa shape index (κ2) is 8.71. The third kappa shape index (κ3) is 4.15. The number of aliphatic imine (C=N–C) groups is 2. The van der Waals surface area contributed by atoms with E-state index < -0.39 is 11.0 Å². The highest BCUT2D eigenvalue weighted by molar-refractivity contribution is 9.10. The zero-order valence-electron chi connectivity index (χ0n) is 16.4. The molecule has 2 N–H and O–H groups in total. The minimum atomic E-state index is -0.418. The summed E-state index contributed by atoms with van der Waals surface area (Å²) in [6, 6.07) is 9.92. The van der Waals surface area contributed by atoms with Gasteiger partial charge in [0.05, 0.1) is 22.9 Å². The van der Waals surface area contributed by atoms with Gasteiger partial charge in [-0.1, -0.05) is 35.0 Å². The number of likely N-dealkylation sites (N-methyl/N-ethyl adjacent to an activating group) is 1. The summed E-state index contributed by atoms with van der Waals surface area (Å²) >= 11 is 3.56. The van der Waals surface area contributed by atoms with Gasteiger partial charge in [0.1, 0.15) is 23.2 Å². The number of amidine groups is 1. The van der Waals surface area contributed by atoms with Gasteiger partial charge in [0, 0.05) is 23.2 Å². The Morgan fingerprint density at radius 3 is 2.66 bits per heavy atom. The molecule has 1 heterocycles. The molecule has 0 amide bonds. The fourth-order valence-corrected chi connectivity index (χ4v) is 3.72. The molecule has 3 rings (SSSR count). The minimum absolute atomic E-state index is 0.0733. The van der Waals surface area contributed by atoms with E-state index in [9.17, 15) is 10.1 Å². The number of hydrazine groups is 1. The average Bonchev–Trinajstić information content (AvgIpc) is 2.83. The van der Waals surface area contributed by atoms with Crippen LogP contribution in [0.15, 0.2) is 50.9 Å². The highest BCUT2D eigenvalue weighted by atomic mass is 79.9. The van der Waals surface area contributed by atoms with E-state index in [0.29, 0.717) is 40.7 Å². The van der Waals surface area contributed by atoms with E-state index in [1.54, 1.807) is 19.2 Å². The summed E-state index contributed by atoms with van der Waals surface area (Å²) < 4.78 is 6.59. The normalized spacial score (nSPS) is 15.7. The quantitative estimate of drug-likeness (QED) is 0.409. The van der Waals surface area contributed by atoms with E-state index in [1.165, 1.54) is 11.1 Å². The van der Waals surface area contributed by atoms with Crippen LogP contribution in [0.25, 0.3) is 0 Å². The van der Waals surface area contributed by atoms with Crippen molar-refractivity contribution in [2.24, 2.45) is 15.8 Å². The largest absolute Gasteiger partial charge is 0.493 e. The molecule has 1 unspecified atom stereocenters. The summed E-state index contributed by atoms with van der Waals surface area (Å²) in [5.74, 6) is 6.93. The highest BCUT2D eigenvalue weighted by Gasteiger charge is 2.30. The summed E-state index contributed by atoms with van der Waals surface area (Å²) in [5, 5.41) is 13.3. The van der Waals surface area contributed by atoms with Crippen LogP contribution in [0.1, 0.15) is 31.4 Å². The fourth-order valence-electron chi connectivity index (χ4n) is 3.18. The predicted molar refractivity (Wildman–Crippen MR) is 117 cm³/mol. The Bertz CT molecular complexity index is 1000. The van der Waals surface area contributed by atoms with Crippen LogP contribution in [0.4, 0.5) is 11.4 Å². The molecule has 0 aliphatic carbocycles. The van der Waals surface area contributed by atoms with Gasteiger partial charge in [0.2, 0.25) is 0 Å². The molecule has 152 valence electrons. The Balaban J connectivity index is 2.35. The molecule has 0 spiro atoms. The van der Waals surface area contributed by atoms with Crippen molar-refractivity contribution >= 4 is 38.9 Å². The number of hydrogen-bond donors (Lipinski definition) is 1. The molecule has 8 nitrogen and oxygen atoms in total. The zero-order chi connectivity index (χ0) is 21.1. The molecule has 0 fully saturated rings. The number of nitrogens with two attached hydrogens (primary N) is 1. The number of ether oxygens (including phenoxy) is 1. The summed E-state index contributed by atoms with van der Waals surface area (Å²) in [7, 11) is 1.69. The van der Waals surface area contributed by atoms with E-state index in [4.69, 9.17) is 15.6 Å². The van der Waals surface area contributed by atoms with Crippen LogP contribution >= 0.6 is 15.9 Å². The van der Waals surface area contributed by atoms with Crippen LogP contribution in [0.5, 0.6) is 5.75 Å². The third-order valence-corrected chi connectivity index (χ3v) is 5.08. The number of hydrogen-bond acceptors (Lipinski definition) is 7. The molecule has 0 radical (unpaired) electrons. The maximum atomic E-state index is 11.9. The van der Waals surface area contributed by atoms with Gasteiger partial charge < -0.3 is 4.74 Å².